The fourth-order valence-electron chi connectivity index (χ4n) is 3.05. The topological polar surface area (TPSA) is 108 Å². The molecule has 0 atom stereocenters. The Balaban J connectivity index is 1.40. The van der Waals surface area contributed by atoms with Gasteiger partial charge >= 0.3 is 5.69 Å². The number of hydrogen-bond acceptors (Lipinski definition) is 5. The van der Waals surface area contributed by atoms with Crippen molar-refractivity contribution in [2.75, 3.05) is 5.32 Å². The number of nitrogens with one attached hydrogen (secondary N) is 1. The van der Waals surface area contributed by atoms with Crippen molar-refractivity contribution in [2.45, 2.75) is 13.1 Å². The van der Waals surface area contributed by atoms with Gasteiger partial charge < -0.3 is 5.32 Å². The summed E-state index contributed by atoms with van der Waals surface area (Å²) in [6, 6.07) is 12.2. The molecular formula is C21H15BrCl2N6O3. The van der Waals surface area contributed by atoms with Gasteiger partial charge in [0.15, 0.2) is 5.82 Å². The highest BCUT2D eigenvalue weighted by Crippen LogP contribution is 2.25. The summed E-state index contributed by atoms with van der Waals surface area (Å²) >= 11 is 15.4. The van der Waals surface area contributed by atoms with Gasteiger partial charge in [-0.2, -0.15) is 10.2 Å². The number of aromatic nitrogens is 4. The molecule has 0 radical (unpaired) electrons. The first kappa shape index (κ1) is 23.0. The van der Waals surface area contributed by atoms with Crippen LogP contribution in [0.25, 0.3) is 0 Å². The number of rotatable bonds is 7. The predicted octanol–water partition coefficient (Wildman–Crippen LogP) is 5.41. The van der Waals surface area contributed by atoms with Crippen LogP contribution in [0.2, 0.25) is 10.0 Å². The average Bonchev–Trinajstić information content (AvgIpc) is 3.38. The second kappa shape index (κ2) is 9.74. The highest BCUT2D eigenvalue weighted by Gasteiger charge is 2.13. The lowest BCUT2D eigenvalue weighted by molar-refractivity contribution is -0.385. The average molecular weight is 550 g/mol. The van der Waals surface area contributed by atoms with Gasteiger partial charge in [-0.1, -0.05) is 41.4 Å². The maximum atomic E-state index is 12.7. The number of anilines is 1. The van der Waals surface area contributed by atoms with Crippen LogP contribution in [0, 0.1) is 10.1 Å². The standard InChI is InChI=1S/C21H15BrCl2N6O3/c22-17-12-29(10-14-3-6-18(23)19(24)7-14)27-20(17)26-21(31)15-4-1-13(2-5-15)9-28-11-16(8-25-28)30(32)33/h1-8,11-12H,9-10H2,(H,26,27,31). The number of amides is 1. The Hall–Kier alpha value is -3.21. The third-order valence-electron chi connectivity index (χ3n) is 4.67. The second-order valence-electron chi connectivity index (χ2n) is 7.08. The smallest absolute Gasteiger partial charge is 0.304 e. The third kappa shape index (κ3) is 5.59. The SMILES string of the molecule is O=C(Nc1nn(Cc2ccc(Cl)c(Cl)c2)cc1Br)c1ccc(Cn2cc([N+](=O)[O-])cn2)cc1. The highest BCUT2D eigenvalue weighted by atomic mass is 79.9. The molecule has 2 heterocycles. The third-order valence-corrected chi connectivity index (χ3v) is 5.99. The van der Waals surface area contributed by atoms with Crippen LogP contribution in [0.3, 0.4) is 0 Å². The molecule has 0 bridgehead atoms. The Labute approximate surface area is 206 Å². The van der Waals surface area contributed by atoms with Gasteiger partial charge in [0.05, 0.1) is 32.5 Å². The first-order chi connectivity index (χ1) is 15.8. The number of carbonyl (C=O) groups excluding carboxylic acids is 1. The van der Waals surface area contributed by atoms with Gasteiger partial charge in [-0.15, -0.1) is 0 Å². The molecule has 0 aliphatic rings. The van der Waals surface area contributed by atoms with Crippen molar-refractivity contribution in [1.29, 1.82) is 0 Å². The lowest BCUT2D eigenvalue weighted by Crippen LogP contribution is -2.13. The Kier molecular flexibility index (Phi) is 6.77. The van der Waals surface area contributed by atoms with E-state index in [9.17, 15) is 14.9 Å². The van der Waals surface area contributed by atoms with E-state index in [-0.39, 0.29) is 11.6 Å². The molecule has 168 valence electrons. The van der Waals surface area contributed by atoms with E-state index in [2.05, 4.69) is 31.4 Å². The summed E-state index contributed by atoms with van der Waals surface area (Å²) in [6.07, 6.45) is 4.30. The van der Waals surface area contributed by atoms with Gasteiger partial charge in [0.2, 0.25) is 0 Å². The molecule has 12 heteroatoms. The number of nitrogens with zero attached hydrogens (tertiary/aromatic N) is 5. The van der Waals surface area contributed by atoms with Crippen LogP contribution in [0.1, 0.15) is 21.5 Å². The summed E-state index contributed by atoms with van der Waals surface area (Å²) in [5.41, 5.74) is 2.12. The quantitative estimate of drug-likeness (QED) is 0.245. The number of benzene rings is 2. The van der Waals surface area contributed by atoms with Crippen LogP contribution < -0.4 is 5.32 Å². The molecule has 2 aromatic heterocycles. The zero-order valence-corrected chi connectivity index (χ0v) is 19.9. The minimum atomic E-state index is -0.499. The summed E-state index contributed by atoms with van der Waals surface area (Å²) in [5.74, 6) is 0.0600. The van der Waals surface area contributed by atoms with Crippen molar-refractivity contribution in [3.8, 4) is 0 Å². The first-order valence-corrected chi connectivity index (χ1v) is 11.1. The lowest BCUT2D eigenvalue weighted by atomic mass is 10.1. The van der Waals surface area contributed by atoms with Gasteiger partial charge in [-0.05, 0) is 51.3 Å². The van der Waals surface area contributed by atoms with Crippen molar-refractivity contribution in [3.63, 3.8) is 0 Å². The van der Waals surface area contributed by atoms with Gasteiger partial charge in [0, 0.05) is 11.8 Å². The maximum Gasteiger partial charge on any atom is 0.307 e. The van der Waals surface area contributed by atoms with Gasteiger partial charge in [0.25, 0.3) is 5.91 Å². The van der Waals surface area contributed by atoms with Crippen molar-refractivity contribution in [3.05, 3.63) is 102 Å². The fourth-order valence-corrected chi connectivity index (χ4v) is 3.78. The summed E-state index contributed by atoms with van der Waals surface area (Å²) in [7, 11) is 0. The van der Waals surface area contributed by atoms with Crippen LogP contribution in [-0.4, -0.2) is 30.4 Å². The van der Waals surface area contributed by atoms with Crippen LogP contribution in [-0.2, 0) is 13.1 Å². The molecule has 4 aromatic rings. The minimum Gasteiger partial charge on any atom is -0.304 e. The van der Waals surface area contributed by atoms with E-state index >= 15 is 0 Å². The van der Waals surface area contributed by atoms with E-state index in [0.717, 1.165) is 11.1 Å². The van der Waals surface area contributed by atoms with Gasteiger partial charge in [-0.3, -0.25) is 24.3 Å². The molecule has 0 aliphatic heterocycles. The monoisotopic (exact) mass is 548 g/mol. The summed E-state index contributed by atoms with van der Waals surface area (Å²) < 4.78 is 3.77. The molecule has 0 fully saturated rings. The van der Waals surface area contributed by atoms with E-state index in [0.29, 0.717) is 39.0 Å². The molecule has 0 saturated carbocycles. The van der Waals surface area contributed by atoms with Crippen molar-refractivity contribution in [1.82, 2.24) is 19.6 Å². The number of nitro groups is 1. The molecule has 4 rings (SSSR count). The molecule has 1 amide bonds. The summed E-state index contributed by atoms with van der Waals surface area (Å²) in [5, 5.41) is 22.9. The zero-order valence-electron chi connectivity index (χ0n) is 16.8. The van der Waals surface area contributed by atoms with Crippen LogP contribution >= 0.6 is 39.1 Å². The van der Waals surface area contributed by atoms with E-state index < -0.39 is 4.92 Å². The highest BCUT2D eigenvalue weighted by molar-refractivity contribution is 9.10. The molecule has 2 aromatic carbocycles. The van der Waals surface area contributed by atoms with Gasteiger partial charge in [-0.25, -0.2) is 0 Å². The Morgan fingerprint density at radius 1 is 1.03 bits per heavy atom. The Bertz CT molecular complexity index is 1340. The number of carbonyl (C=O) groups is 1. The number of hydrogen-bond donors (Lipinski definition) is 1. The molecule has 33 heavy (non-hydrogen) atoms. The van der Waals surface area contributed by atoms with Crippen LogP contribution in [0.4, 0.5) is 11.5 Å². The van der Waals surface area contributed by atoms with E-state index in [4.69, 9.17) is 23.2 Å². The Morgan fingerprint density at radius 3 is 2.39 bits per heavy atom. The van der Waals surface area contributed by atoms with Gasteiger partial charge in [0.1, 0.15) is 12.4 Å². The minimum absolute atomic E-state index is 0.0739. The molecule has 9 nitrogen and oxygen atoms in total. The van der Waals surface area contributed by atoms with Crippen LogP contribution in [0.15, 0.2) is 65.5 Å². The predicted molar refractivity (Wildman–Crippen MR) is 128 cm³/mol. The maximum absolute atomic E-state index is 12.7. The first-order valence-electron chi connectivity index (χ1n) is 9.52. The summed E-state index contributed by atoms with van der Waals surface area (Å²) in [4.78, 5) is 22.9. The van der Waals surface area contributed by atoms with E-state index in [1.165, 1.54) is 17.1 Å². The molecule has 0 saturated heterocycles. The van der Waals surface area contributed by atoms with Crippen molar-refractivity contribution < 1.29 is 9.72 Å². The van der Waals surface area contributed by atoms with E-state index in [1.807, 2.05) is 6.07 Å². The van der Waals surface area contributed by atoms with Crippen LogP contribution in [0.5, 0.6) is 0 Å². The second-order valence-corrected chi connectivity index (χ2v) is 8.74. The lowest BCUT2D eigenvalue weighted by Gasteiger charge is -2.06. The molecule has 0 aliphatic carbocycles. The zero-order chi connectivity index (χ0) is 23.5. The Morgan fingerprint density at radius 2 is 1.73 bits per heavy atom. The fraction of sp³-hybridized carbons (Fsp3) is 0.0952. The summed E-state index contributed by atoms with van der Waals surface area (Å²) in [6.45, 7) is 0.798. The van der Waals surface area contributed by atoms with Crippen molar-refractivity contribution >= 4 is 56.5 Å². The molecule has 0 unspecified atom stereocenters. The normalized spacial score (nSPS) is 10.9. The molecular weight excluding hydrogens is 535 g/mol. The van der Waals surface area contributed by atoms with E-state index in [1.54, 1.807) is 47.3 Å². The molecule has 1 N–H and O–H groups in total. The molecule has 0 spiro atoms. The largest absolute Gasteiger partial charge is 0.307 e. The van der Waals surface area contributed by atoms with Crippen molar-refractivity contribution in [2.24, 2.45) is 0 Å². The number of halogens is 3.